The molecule has 0 aromatic rings. The van der Waals surface area contributed by atoms with Gasteiger partial charge in [-0.25, -0.2) is 9.59 Å². The summed E-state index contributed by atoms with van der Waals surface area (Å²) in [6.45, 7) is 21.9. The second-order valence-electron chi connectivity index (χ2n) is 8.25. The lowest BCUT2D eigenvalue weighted by Gasteiger charge is -2.20. The number of carbonyl (C=O) groups excluding carboxylic acids is 2. The molecule has 0 rings (SSSR count). The molecule has 2 N–H and O–H groups in total. The Morgan fingerprint density at radius 2 is 1.09 bits per heavy atom. The molecule has 10 heteroatoms. The Kier molecular flexibility index (Phi) is 17.7. The van der Waals surface area contributed by atoms with Crippen molar-refractivity contribution in [2.75, 3.05) is 33.5 Å². The van der Waals surface area contributed by atoms with Crippen LogP contribution in [0.5, 0.6) is 0 Å². The number of carbonyl (C=O) groups is 2. The van der Waals surface area contributed by atoms with Gasteiger partial charge in [0, 0.05) is 0 Å². The lowest BCUT2D eigenvalue weighted by molar-refractivity contribution is -0.0980. The summed E-state index contributed by atoms with van der Waals surface area (Å²) in [5.41, 5.74) is 2.03. The lowest BCUT2D eigenvalue weighted by Crippen LogP contribution is -2.41. The molecule has 0 unspecified atom stereocenters. The van der Waals surface area contributed by atoms with E-state index in [1.54, 1.807) is 13.8 Å². The molecular weight excluding hydrogens is 456 g/mol. The van der Waals surface area contributed by atoms with Crippen molar-refractivity contribution >= 4 is 12.2 Å². The topological polar surface area (TPSA) is 114 Å². The van der Waals surface area contributed by atoms with Crippen LogP contribution in [0.3, 0.4) is 0 Å². The van der Waals surface area contributed by atoms with Crippen molar-refractivity contribution in [3.63, 3.8) is 0 Å². The second kappa shape index (κ2) is 19.3. The highest BCUT2D eigenvalue weighted by atomic mass is 16.7. The van der Waals surface area contributed by atoms with E-state index < -0.39 is 18.3 Å². The van der Waals surface area contributed by atoms with Crippen LogP contribution in [0, 0.1) is 0 Å². The smallest absolute Gasteiger partial charge is 0.408 e. The predicted octanol–water partition coefficient (Wildman–Crippen LogP) is 4.89. The maximum atomic E-state index is 12.2. The molecule has 2 amide bonds. The molecule has 200 valence electrons. The molecule has 0 aromatic carbocycles. The first kappa shape index (κ1) is 32.0. The third-order valence-corrected chi connectivity index (χ3v) is 4.18. The van der Waals surface area contributed by atoms with Crippen LogP contribution in [0.4, 0.5) is 9.59 Å². The quantitative estimate of drug-likeness (QED) is 0.106. The molecule has 0 spiro atoms. The van der Waals surface area contributed by atoms with Gasteiger partial charge in [-0.3, -0.25) is 0 Å². The Hall–Kier alpha value is -2.98. The van der Waals surface area contributed by atoms with Gasteiger partial charge in [-0.1, -0.05) is 24.3 Å². The number of nitrogens with one attached hydrogen (secondary N) is 2. The fraction of sp³-hybridized carbons (Fsp3) is 0.600. The van der Waals surface area contributed by atoms with Crippen LogP contribution < -0.4 is 10.6 Å². The Labute approximate surface area is 209 Å². The minimum Gasteiger partial charge on any atom is -0.473 e. The average molecular weight is 499 g/mol. The summed E-state index contributed by atoms with van der Waals surface area (Å²) in [5, 5.41) is 4.91. The number of allylic oxidation sites excluding steroid dienone is 4. The van der Waals surface area contributed by atoms with Crippen LogP contribution in [-0.2, 0) is 28.4 Å². The molecule has 0 aromatic heterocycles. The summed E-state index contributed by atoms with van der Waals surface area (Å²) in [6, 6.07) is 0. The molecule has 0 aliphatic rings. The SMILES string of the molecule is C=C(C)CCC(CCC(=C)C)OC(=O)NCNC(=O)OC(COCOC(=C)C)COCOC(=C)C. The van der Waals surface area contributed by atoms with E-state index in [2.05, 4.69) is 36.9 Å². The van der Waals surface area contributed by atoms with Crippen molar-refractivity contribution in [3.8, 4) is 0 Å². The number of ether oxygens (including phenoxy) is 6. The van der Waals surface area contributed by atoms with Gasteiger partial charge in [0.15, 0.2) is 19.7 Å². The molecule has 0 fully saturated rings. The third-order valence-electron chi connectivity index (χ3n) is 4.18. The summed E-state index contributed by atoms with van der Waals surface area (Å²) < 4.78 is 31.6. The summed E-state index contributed by atoms with van der Waals surface area (Å²) in [4.78, 5) is 24.3. The molecule has 0 saturated carbocycles. The van der Waals surface area contributed by atoms with Crippen LogP contribution >= 0.6 is 0 Å². The molecule has 0 bridgehead atoms. The van der Waals surface area contributed by atoms with E-state index in [0.717, 1.165) is 24.0 Å². The van der Waals surface area contributed by atoms with Gasteiger partial charge in [0.2, 0.25) is 0 Å². The summed E-state index contributed by atoms with van der Waals surface area (Å²) in [6.07, 6.45) is 0.378. The van der Waals surface area contributed by atoms with E-state index in [1.807, 2.05) is 13.8 Å². The number of hydrogen-bond acceptors (Lipinski definition) is 8. The summed E-state index contributed by atoms with van der Waals surface area (Å²) >= 11 is 0. The number of rotatable bonds is 20. The molecule has 35 heavy (non-hydrogen) atoms. The van der Waals surface area contributed by atoms with Crippen LogP contribution in [-0.4, -0.2) is 57.9 Å². The second-order valence-corrected chi connectivity index (χ2v) is 8.25. The van der Waals surface area contributed by atoms with E-state index in [0.29, 0.717) is 24.4 Å². The predicted molar refractivity (Wildman–Crippen MR) is 133 cm³/mol. The summed E-state index contributed by atoms with van der Waals surface area (Å²) in [5.74, 6) is 0.983. The van der Waals surface area contributed by atoms with Gasteiger partial charge in [-0.05, 0) is 53.4 Å². The zero-order valence-electron chi connectivity index (χ0n) is 21.6. The normalized spacial score (nSPS) is 10.5. The first-order valence-corrected chi connectivity index (χ1v) is 11.4. The van der Waals surface area contributed by atoms with Gasteiger partial charge in [-0.2, -0.15) is 0 Å². The van der Waals surface area contributed by atoms with Crippen LogP contribution in [0.1, 0.15) is 53.4 Å². The van der Waals surface area contributed by atoms with Gasteiger partial charge >= 0.3 is 12.2 Å². The standard InChI is InChI=1S/C25H42N2O8/c1-18(2)9-11-22(12-10-19(3)4)34-24(28)26-15-27-25(29)35-23(13-30-16-32-20(5)6)14-31-17-33-21(7)8/h22-23H,1,3,5,7,9-17H2,2,4,6,8H3,(H,26,28)(H,27,29). The molecule has 0 aliphatic heterocycles. The molecule has 10 nitrogen and oxygen atoms in total. The van der Waals surface area contributed by atoms with E-state index in [-0.39, 0.29) is 39.6 Å². The van der Waals surface area contributed by atoms with Crippen molar-refractivity contribution in [3.05, 3.63) is 49.0 Å². The largest absolute Gasteiger partial charge is 0.473 e. The van der Waals surface area contributed by atoms with Crippen LogP contribution in [0.15, 0.2) is 49.0 Å². The fourth-order valence-electron chi connectivity index (χ4n) is 2.41. The number of hydrogen-bond donors (Lipinski definition) is 2. The minimum atomic E-state index is -0.773. The molecular formula is C25H42N2O8. The lowest BCUT2D eigenvalue weighted by atomic mass is 10.0. The van der Waals surface area contributed by atoms with E-state index >= 15 is 0 Å². The van der Waals surface area contributed by atoms with E-state index in [9.17, 15) is 9.59 Å². The minimum absolute atomic E-state index is 0.0103. The van der Waals surface area contributed by atoms with Gasteiger partial charge in [0.1, 0.15) is 6.10 Å². The van der Waals surface area contributed by atoms with Gasteiger partial charge in [0.05, 0.1) is 31.4 Å². The fourth-order valence-corrected chi connectivity index (χ4v) is 2.41. The summed E-state index contributed by atoms with van der Waals surface area (Å²) in [7, 11) is 0. The monoisotopic (exact) mass is 498 g/mol. The zero-order chi connectivity index (χ0) is 26.6. The Bertz CT molecular complexity index is 668. The molecule has 0 heterocycles. The van der Waals surface area contributed by atoms with Gasteiger partial charge in [-0.15, -0.1) is 13.2 Å². The van der Waals surface area contributed by atoms with E-state index in [4.69, 9.17) is 28.4 Å². The highest BCUT2D eigenvalue weighted by molar-refractivity contribution is 5.70. The van der Waals surface area contributed by atoms with Gasteiger partial charge in [0.25, 0.3) is 0 Å². The Morgan fingerprint density at radius 1 is 0.686 bits per heavy atom. The van der Waals surface area contributed by atoms with E-state index in [1.165, 1.54) is 0 Å². The Morgan fingerprint density at radius 3 is 1.46 bits per heavy atom. The molecule has 0 atom stereocenters. The van der Waals surface area contributed by atoms with Crippen molar-refractivity contribution in [1.82, 2.24) is 10.6 Å². The maximum absolute atomic E-state index is 12.2. The first-order chi connectivity index (χ1) is 16.5. The molecule has 0 saturated heterocycles. The van der Waals surface area contributed by atoms with Crippen LogP contribution in [0.2, 0.25) is 0 Å². The first-order valence-electron chi connectivity index (χ1n) is 11.4. The maximum Gasteiger partial charge on any atom is 0.408 e. The highest BCUT2D eigenvalue weighted by Crippen LogP contribution is 2.15. The zero-order valence-corrected chi connectivity index (χ0v) is 21.6. The average Bonchev–Trinajstić information content (AvgIpc) is 2.75. The van der Waals surface area contributed by atoms with Crippen molar-refractivity contribution in [2.45, 2.75) is 65.6 Å². The van der Waals surface area contributed by atoms with Crippen molar-refractivity contribution in [1.29, 1.82) is 0 Å². The third kappa shape index (κ3) is 21.3. The highest BCUT2D eigenvalue weighted by Gasteiger charge is 2.17. The van der Waals surface area contributed by atoms with Gasteiger partial charge < -0.3 is 39.1 Å². The Balaban J connectivity index is 4.50. The number of amides is 2. The number of alkyl carbamates (subject to hydrolysis) is 2. The molecule has 0 radical (unpaired) electrons. The molecule has 0 aliphatic carbocycles. The van der Waals surface area contributed by atoms with Crippen molar-refractivity contribution < 1.29 is 38.0 Å². The van der Waals surface area contributed by atoms with Crippen molar-refractivity contribution in [2.24, 2.45) is 0 Å². The van der Waals surface area contributed by atoms with Crippen LogP contribution in [0.25, 0.3) is 0 Å².